The lowest BCUT2D eigenvalue weighted by molar-refractivity contribution is 0.177. The summed E-state index contributed by atoms with van der Waals surface area (Å²) < 4.78 is 1.82. The van der Waals surface area contributed by atoms with Gasteiger partial charge in [-0.05, 0) is 31.2 Å². The van der Waals surface area contributed by atoms with Gasteiger partial charge in [0.1, 0.15) is 5.71 Å². The molecule has 0 saturated heterocycles. The Bertz CT molecular complexity index is 919. The fourth-order valence-corrected chi connectivity index (χ4v) is 2.82. The Kier molecular flexibility index (Phi) is 3.21. The number of halogens is 1. The molecule has 0 bridgehead atoms. The van der Waals surface area contributed by atoms with E-state index in [0.717, 1.165) is 16.9 Å². The van der Waals surface area contributed by atoms with Crippen molar-refractivity contribution in [3.63, 3.8) is 0 Å². The van der Waals surface area contributed by atoms with Crippen molar-refractivity contribution in [2.45, 2.75) is 13.2 Å². The van der Waals surface area contributed by atoms with Crippen LogP contribution in [0.25, 0.3) is 5.69 Å². The summed E-state index contributed by atoms with van der Waals surface area (Å²) in [5, 5.41) is 11.0. The molecule has 23 heavy (non-hydrogen) atoms. The maximum atomic E-state index is 10.5. The van der Waals surface area contributed by atoms with Crippen LogP contribution >= 0.6 is 11.6 Å². The summed E-state index contributed by atoms with van der Waals surface area (Å²) in [7, 11) is 0. The SMILES string of the molecule is Cc1cn2c(n1)C(O)N=C(c1ncccn1)c1cc(Cl)ccc1-2. The van der Waals surface area contributed by atoms with Crippen LogP contribution < -0.4 is 0 Å². The zero-order valence-electron chi connectivity index (χ0n) is 12.2. The second kappa shape index (κ2) is 5.26. The fraction of sp³-hybridized carbons (Fsp3) is 0.125. The summed E-state index contributed by atoms with van der Waals surface area (Å²) in [6, 6.07) is 7.19. The van der Waals surface area contributed by atoms with Gasteiger partial charge in [0.05, 0.1) is 11.4 Å². The number of imidazole rings is 1. The highest BCUT2D eigenvalue weighted by molar-refractivity contribution is 6.31. The Hall–Kier alpha value is -2.57. The highest BCUT2D eigenvalue weighted by atomic mass is 35.5. The number of rotatable bonds is 1. The third kappa shape index (κ3) is 2.32. The highest BCUT2D eigenvalue weighted by Crippen LogP contribution is 2.30. The summed E-state index contributed by atoms with van der Waals surface area (Å²) in [4.78, 5) is 17.3. The van der Waals surface area contributed by atoms with E-state index in [4.69, 9.17) is 11.6 Å². The molecule has 2 aromatic heterocycles. The minimum absolute atomic E-state index is 0.428. The van der Waals surface area contributed by atoms with E-state index in [2.05, 4.69) is 19.9 Å². The van der Waals surface area contributed by atoms with Crippen molar-refractivity contribution in [1.82, 2.24) is 19.5 Å². The van der Waals surface area contributed by atoms with Gasteiger partial charge in [0.25, 0.3) is 0 Å². The monoisotopic (exact) mass is 325 g/mol. The number of hydrogen-bond donors (Lipinski definition) is 1. The van der Waals surface area contributed by atoms with E-state index in [1.165, 1.54) is 0 Å². The minimum atomic E-state index is -1.10. The number of aliphatic imine (C=N–C) groups is 1. The molecule has 3 heterocycles. The van der Waals surface area contributed by atoms with E-state index in [9.17, 15) is 5.11 Å². The van der Waals surface area contributed by atoms with Crippen molar-refractivity contribution in [3.05, 3.63) is 70.8 Å². The zero-order valence-corrected chi connectivity index (χ0v) is 12.9. The first-order valence-corrected chi connectivity index (χ1v) is 7.41. The standard InChI is InChI=1S/C16H12ClN5O/c1-9-8-22-12-4-3-10(17)7-11(12)13(14-18-5-2-6-19-14)21-16(23)15(22)20-9/h2-8,16,23H,1H3. The molecule has 1 unspecified atom stereocenters. The lowest BCUT2D eigenvalue weighted by Crippen LogP contribution is -2.10. The van der Waals surface area contributed by atoms with Gasteiger partial charge in [-0.3, -0.25) is 4.57 Å². The van der Waals surface area contributed by atoms with Crippen LogP contribution in [0.15, 0.2) is 47.8 Å². The highest BCUT2D eigenvalue weighted by Gasteiger charge is 2.26. The first-order chi connectivity index (χ1) is 11.1. The predicted molar refractivity (Wildman–Crippen MR) is 85.9 cm³/mol. The van der Waals surface area contributed by atoms with Crippen LogP contribution in [0.1, 0.15) is 29.1 Å². The number of hydrogen-bond acceptors (Lipinski definition) is 5. The largest absolute Gasteiger partial charge is 0.365 e. The van der Waals surface area contributed by atoms with E-state index < -0.39 is 6.23 Å². The molecule has 0 spiro atoms. The Morgan fingerprint density at radius 1 is 1.22 bits per heavy atom. The third-order valence-electron chi connectivity index (χ3n) is 3.59. The van der Waals surface area contributed by atoms with Crippen molar-refractivity contribution in [1.29, 1.82) is 0 Å². The van der Waals surface area contributed by atoms with E-state index in [1.807, 2.05) is 23.8 Å². The van der Waals surface area contributed by atoms with Crippen molar-refractivity contribution in [2.75, 3.05) is 0 Å². The lowest BCUT2D eigenvalue weighted by atomic mass is 10.1. The van der Waals surface area contributed by atoms with Gasteiger partial charge in [0.15, 0.2) is 11.6 Å². The molecule has 4 rings (SSSR count). The molecule has 0 amide bonds. The molecule has 0 fully saturated rings. The van der Waals surface area contributed by atoms with Crippen molar-refractivity contribution >= 4 is 17.3 Å². The van der Waals surface area contributed by atoms with Crippen molar-refractivity contribution < 1.29 is 5.11 Å². The molecule has 0 radical (unpaired) electrons. The smallest absolute Gasteiger partial charge is 0.205 e. The van der Waals surface area contributed by atoms with Gasteiger partial charge in [-0.15, -0.1) is 0 Å². The van der Waals surface area contributed by atoms with E-state index in [-0.39, 0.29) is 0 Å². The first kappa shape index (κ1) is 14.0. The van der Waals surface area contributed by atoms with Gasteiger partial charge >= 0.3 is 0 Å². The number of aliphatic hydroxyl groups is 1. The molecule has 1 aliphatic heterocycles. The van der Waals surface area contributed by atoms with Crippen LogP contribution in [-0.2, 0) is 0 Å². The average molecular weight is 326 g/mol. The fourth-order valence-electron chi connectivity index (χ4n) is 2.65. The second-order valence-electron chi connectivity index (χ2n) is 5.20. The number of fused-ring (bicyclic) bond motifs is 3. The van der Waals surface area contributed by atoms with E-state index >= 15 is 0 Å². The van der Waals surface area contributed by atoms with Gasteiger partial charge in [0, 0.05) is 29.2 Å². The van der Waals surface area contributed by atoms with Crippen LogP contribution in [0.2, 0.25) is 5.02 Å². The van der Waals surface area contributed by atoms with Crippen LogP contribution in [0.4, 0.5) is 0 Å². The van der Waals surface area contributed by atoms with Gasteiger partial charge in [-0.25, -0.2) is 19.9 Å². The third-order valence-corrected chi connectivity index (χ3v) is 3.82. The Labute approximate surface area is 137 Å². The minimum Gasteiger partial charge on any atom is -0.365 e. The summed E-state index contributed by atoms with van der Waals surface area (Å²) in [6.07, 6.45) is 4.02. The van der Waals surface area contributed by atoms with Gasteiger partial charge in [0.2, 0.25) is 6.23 Å². The zero-order chi connectivity index (χ0) is 16.0. The molecular weight excluding hydrogens is 314 g/mol. The maximum absolute atomic E-state index is 10.5. The molecule has 1 N–H and O–H groups in total. The quantitative estimate of drug-likeness (QED) is 0.745. The Balaban J connectivity index is 2.04. The van der Waals surface area contributed by atoms with Gasteiger partial charge in [-0.1, -0.05) is 11.6 Å². The second-order valence-corrected chi connectivity index (χ2v) is 5.63. The predicted octanol–water partition coefficient (Wildman–Crippen LogP) is 2.47. The van der Waals surface area contributed by atoms with Gasteiger partial charge in [-0.2, -0.15) is 0 Å². The molecule has 0 saturated carbocycles. The lowest BCUT2D eigenvalue weighted by Gasteiger charge is -2.10. The topological polar surface area (TPSA) is 76.2 Å². The van der Waals surface area contributed by atoms with Crippen LogP contribution in [0, 0.1) is 6.92 Å². The molecule has 6 nitrogen and oxygen atoms in total. The molecule has 1 aliphatic rings. The van der Waals surface area contributed by atoms with Crippen molar-refractivity contribution in [3.8, 4) is 5.69 Å². The molecule has 1 aromatic carbocycles. The number of aliphatic hydroxyl groups excluding tert-OH is 1. The molecular formula is C16H12ClN5O. The summed E-state index contributed by atoms with van der Waals surface area (Å²) in [5.41, 5.74) is 2.86. The number of aromatic nitrogens is 4. The van der Waals surface area contributed by atoms with Crippen LogP contribution in [0.5, 0.6) is 0 Å². The summed E-state index contributed by atoms with van der Waals surface area (Å²) >= 11 is 6.17. The molecule has 1 atom stereocenters. The molecule has 0 aliphatic carbocycles. The van der Waals surface area contributed by atoms with E-state index in [0.29, 0.717) is 22.4 Å². The first-order valence-electron chi connectivity index (χ1n) is 7.03. The summed E-state index contributed by atoms with van der Waals surface area (Å²) in [6.45, 7) is 1.87. The molecule has 7 heteroatoms. The van der Waals surface area contributed by atoms with Crippen LogP contribution in [-0.4, -0.2) is 30.3 Å². The number of aryl methyl sites for hydroxylation is 1. The van der Waals surface area contributed by atoms with Gasteiger partial charge < -0.3 is 5.11 Å². The number of benzene rings is 1. The summed E-state index contributed by atoms with van der Waals surface area (Å²) in [5.74, 6) is 0.884. The number of nitrogens with zero attached hydrogens (tertiary/aromatic N) is 5. The van der Waals surface area contributed by atoms with Crippen LogP contribution in [0.3, 0.4) is 0 Å². The Morgan fingerprint density at radius 3 is 2.78 bits per heavy atom. The normalized spacial score (nSPS) is 16.3. The molecule has 114 valence electrons. The van der Waals surface area contributed by atoms with E-state index in [1.54, 1.807) is 30.6 Å². The maximum Gasteiger partial charge on any atom is 0.205 e. The average Bonchev–Trinajstić information content (AvgIpc) is 2.90. The van der Waals surface area contributed by atoms with Crippen molar-refractivity contribution in [2.24, 2.45) is 4.99 Å². The Morgan fingerprint density at radius 2 is 2.00 bits per heavy atom. The molecule has 3 aromatic rings.